The average Bonchev–Trinajstić information content (AvgIpc) is 2.66. The summed E-state index contributed by atoms with van der Waals surface area (Å²) < 4.78 is 43.6. The van der Waals surface area contributed by atoms with Crippen LogP contribution in [0.2, 0.25) is 0 Å². The van der Waals surface area contributed by atoms with Crippen LogP contribution in [-0.2, 0) is 43.8 Å². The van der Waals surface area contributed by atoms with E-state index in [4.69, 9.17) is 28.0 Å². The van der Waals surface area contributed by atoms with Crippen LogP contribution in [0.15, 0.2) is 0 Å². The summed E-state index contributed by atoms with van der Waals surface area (Å²) in [6, 6.07) is 0. The molecule has 0 saturated heterocycles. The molecule has 22 heavy (non-hydrogen) atoms. The minimum atomic E-state index is 1.05. The Labute approximate surface area is 141 Å². The zero-order chi connectivity index (χ0) is 19.2. The van der Waals surface area contributed by atoms with E-state index >= 15 is 0 Å². The van der Waals surface area contributed by atoms with Gasteiger partial charge < -0.3 is 0 Å². The Morgan fingerprint density at radius 2 is 1.05 bits per heavy atom. The van der Waals surface area contributed by atoms with E-state index in [1.807, 2.05) is 0 Å². The fourth-order valence-electron chi connectivity index (χ4n) is 1.15. The molecule has 0 atom stereocenters. The molecule has 0 rings (SSSR count). The van der Waals surface area contributed by atoms with Gasteiger partial charge in [0.15, 0.2) is 0 Å². The number of ether oxygens (including phenoxy) is 1. The van der Waals surface area contributed by atoms with Gasteiger partial charge in [-0.2, -0.15) is 0 Å². The molecule has 7 heteroatoms. The van der Waals surface area contributed by atoms with Crippen molar-refractivity contribution in [1.29, 1.82) is 0 Å². The molecule has 0 aromatic heterocycles. The Balaban J connectivity index is -0.0000000540. The first-order valence-corrected chi connectivity index (χ1v) is 6.54. The van der Waals surface area contributed by atoms with Crippen molar-refractivity contribution in [2.24, 2.45) is 0 Å². The zero-order valence-corrected chi connectivity index (χ0v) is 14.1. The Kier molecular flexibility index (Phi) is 122. The number of hydrogen-bond donors (Lipinski definition) is 0. The number of methoxy groups -OCH3 is 1. The molecule has 0 unspecified atom stereocenters. The summed E-state index contributed by atoms with van der Waals surface area (Å²) >= 11 is 2.92. The second-order valence-electron chi connectivity index (χ2n) is 3.09. The summed E-state index contributed by atoms with van der Waals surface area (Å²) in [7, 11) is 1.73. The van der Waals surface area contributed by atoms with Gasteiger partial charge in [0.05, 0.1) is 0 Å². The molecule has 0 bridgehead atoms. The first-order chi connectivity index (χ1) is 10.8. The van der Waals surface area contributed by atoms with Gasteiger partial charge in [0.1, 0.15) is 0 Å². The molecule has 0 spiro atoms. The van der Waals surface area contributed by atoms with E-state index in [2.05, 4.69) is 56.0 Å². The summed E-state index contributed by atoms with van der Waals surface area (Å²) in [6.45, 7) is 24.7. The maximum absolute atomic E-state index is 7.50. The molecule has 0 radical (unpaired) electrons. The Morgan fingerprint density at radius 1 is 0.727 bits per heavy atom. The van der Waals surface area contributed by atoms with E-state index in [0.717, 1.165) is 11.0 Å². The van der Waals surface area contributed by atoms with Crippen LogP contribution in [0.1, 0.15) is 51.9 Å². The van der Waals surface area contributed by atoms with Crippen molar-refractivity contribution in [3.8, 4) is 0 Å². The normalized spacial score (nSPS) is 6.00. The number of rotatable bonds is 8. The fraction of sp³-hybridized carbons (Fsp3) is 0.600. The van der Waals surface area contributed by atoms with Crippen molar-refractivity contribution in [3.63, 3.8) is 0 Å². The molecule has 0 aliphatic rings. The van der Waals surface area contributed by atoms with Crippen molar-refractivity contribution >= 4 is 4.57 Å². The summed E-state index contributed by atoms with van der Waals surface area (Å²) in [5.74, 6) is 0. The van der Waals surface area contributed by atoms with E-state index in [-0.39, 0.29) is 0 Å². The molecular weight excluding hydrogens is 328 g/mol. The van der Waals surface area contributed by atoms with E-state index in [1.165, 1.54) is 38.5 Å². The molecule has 0 amide bonds. The molecule has 0 aliphatic carbocycles. The van der Waals surface area contributed by atoms with Crippen molar-refractivity contribution in [1.82, 2.24) is 0 Å². The van der Waals surface area contributed by atoms with Crippen molar-refractivity contribution in [2.45, 2.75) is 51.9 Å². The van der Waals surface area contributed by atoms with Crippen molar-refractivity contribution in [2.75, 3.05) is 7.11 Å². The second-order valence-corrected chi connectivity index (χ2v) is 3.80. The topological polar surface area (TPSA) is 109 Å². The predicted molar refractivity (Wildman–Crippen MR) is 69.7 cm³/mol. The molecule has 122 valence electrons. The Hall–Kier alpha value is -0.938. The molecule has 0 fully saturated rings. The molecule has 6 nitrogen and oxygen atoms in total. The molecule has 0 saturated carbocycles. The molecule has 0 heterocycles. The summed E-state index contributed by atoms with van der Waals surface area (Å²) in [5.41, 5.74) is 0. The Morgan fingerprint density at radius 3 is 1.36 bits per heavy atom. The predicted octanol–water partition coefficient (Wildman–Crippen LogP) is 2.87. The second kappa shape index (κ2) is 72.0. The summed E-state index contributed by atoms with van der Waals surface area (Å²) in [4.78, 5) is 0. The van der Waals surface area contributed by atoms with E-state index in [9.17, 15) is 0 Å². The molecule has 0 aliphatic heterocycles. The number of unbranched alkanes of at least 4 members (excludes halogenated alkanes) is 5. The zero-order valence-electron chi connectivity index (χ0n) is 12.8. The maximum atomic E-state index is 7.50. The van der Waals surface area contributed by atoms with Gasteiger partial charge in [-0.15, -0.1) is 0 Å². The van der Waals surface area contributed by atoms with Crippen molar-refractivity contribution < 1.29 is 43.8 Å². The van der Waals surface area contributed by atoms with Crippen LogP contribution in [0.3, 0.4) is 0 Å². The molecule has 0 aromatic carbocycles. The summed E-state index contributed by atoms with van der Waals surface area (Å²) in [6.07, 6.45) is 9.18. The Bertz CT molecular complexity index is 243. The van der Waals surface area contributed by atoms with Crippen LogP contribution in [0.4, 0.5) is 0 Å². The van der Waals surface area contributed by atoms with Gasteiger partial charge in [0, 0.05) is 0 Å². The minimum absolute atomic E-state index is 1.05. The molecule has 0 aromatic rings. The van der Waals surface area contributed by atoms with Crippen molar-refractivity contribution in [3.05, 3.63) is 33.3 Å². The van der Waals surface area contributed by atoms with Crippen LogP contribution in [0, 0.1) is 33.3 Å². The van der Waals surface area contributed by atoms with Crippen LogP contribution < -0.4 is 0 Å². The number of hydrogen-bond acceptors (Lipinski definition) is 1. The first kappa shape index (κ1) is 37.4. The van der Waals surface area contributed by atoms with E-state index in [1.54, 1.807) is 7.11 Å². The average molecular weight is 348 g/mol. The standard InChI is InChI=1S/C10H20O.5CO.Cr/c1-3-4-5-6-7-8-9-10-11-2;5*1-2;/h3-9H2,1-2H3;;;;;;. The van der Waals surface area contributed by atoms with E-state index in [0.29, 0.717) is 0 Å². The van der Waals surface area contributed by atoms with Gasteiger partial charge in [-0.1, -0.05) is 0 Å². The van der Waals surface area contributed by atoms with Gasteiger partial charge in [-0.25, -0.2) is 0 Å². The van der Waals surface area contributed by atoms with Gasteiger partial charge in [0.25, 0.3) is 0 Å². The molecular formula is C15H20CrO6. The third-order valence-corrected chi connectivity index (χ3v) is 2.54. The van der Waals surface area contributed by atoms with E-state index < -0.39 is 0 Å². The third-order valence-electron chi connectivity index (χ3n) is 1.96. The monoisotopic (exact) mass is 348 g/mol. The third kappa shape index (κ3) is 75.7. The SMILES string of the molecule is CCCCCCCC[C](=[Cr])OC.[C-]#[O+].[C-]#[O+].[C-]#[O+].[C-]#[O+].[C-]#[O+]. The fourth-order valence-corrected chi connectivity index (χ4v) is 1.38. The van der Waals surface area contributed by atoms with Gasteiger partial charge in [0.2, 0.25) is 0 Å². The van der Waals surface area contributed by atoms with Crippen LogP contribution >= 0.6 is 0 Å². The first-order valence-electron chi connectivity index (χ1n) is 5.90. The van der Waals surface area contributed by atoms with Gasteiger partial charge in [-0.3, -0.25) is 0 Å². The van der Waals surface area contributed by atoms with Crippen LogP contribution in [-0.4, -0.2) is 11.7 Å². The quantitative estimate of drug-likeness (QED) is 0.375. The van der Waals surface area contributed by atoms with Gasteiger partial charge in [-0.05, 0) is 0 Å². The molecule has 0 N–H and O–H groups in total. The summed E-state index contributed by atoms with van der Waals surface area (Å²) in [5, 5.41) is 0. The van der Waals surface area contributed by atoms with Crippen LogP contribution in [0.25, 0.3) is 0 Å². The van der Waals surface area contributed by atoms with Crippen LogP contribution in [0.5, 0.6) is 0 Å². The van der Waals surface area contributed by atoms with Gasteiger partial charge >= 0.3 is 141 Å².